The number of aromatic hydroxyl groups is 1. The van der Waals surface area contributed by atoms with E-state index in [4.69, 9.17) is 21.9 Å². The lowest BCUT2D eigenvalue weighted by Crippen LogP contribution is -2.43. The molecule has 12 heteroatoms. The Morgan fingerprint density at radius 3 is 2.70 bits per heavy atom. The van der Waals surface area contributed by atoms with Gasteiger partial charge in [0, 0.05) is 30.2 Å². The molecule has 3 aliphatic rings. The number of carbonyl (C=O) groups is 1. The second-order valence-electron chi connectivity index (χ2n) is 14.0. The molecule has 256 valence electrons. The van der Waals surface area contributed by atoms with E-state index in [1.165, 1.54) is 36.5 Å². The van der Waals surface area contributed by atoms with Crippen LogP contribution in [0.15, 0.2) is 42.6 Å². The van der Waals surface area contributed by atoms with Crippen molar-refractivity contribution in [3.63, 3.8) is 0 Å². The highest BCUT2D eigenvalue weighted by molar-refractivity contribution is 6.03. The number of phenolic OH excluding ortho intramolecular Hbond substituents is 1. The number of rotatable bonds is 7. The number of anilines is 1. The van der Waals surface area contributed by atoms with Gasteiger partial charge in [0.05, 0.1) is 28.0 Å². The van der Waals surface area contributed by atoms with Gasteiger partial charge >= 0.3 is 6.01 Å². The summed E-state index contributed by atoms with van der Waals surface area (Å²) in [7, 11) is 0. The number of primary amides is 1. The first-order chi connectivity index (χ1) is 24.0. The molecule has 4 aromatic rings. The second kappa shape index (κ2) is 12.8. The number of carbonyl (C=O) groups excluding carboxylic acids is 1. The molecule has 0 spiro atoms. The molecule has 10 nitrogen and oxygen atoms in total. The number of amides is 1. The third-order valence-electron chi connectivity index (χ3n) is 10.6. The number of terminal acetylenes is 1. The van der Waals surface area contributed by atoms with Crippen LogP contribution in [-0.4, -0.2) is 69.2 Å². The van der Waals surface area contributed by atoms with Crippen molar-refractivity contribution in [3.8, 4) is 41.4 Å². The third kappa shape index (κ3) is 5.94. The smallest absolute Gasteiger partial charge is 0.319 e. The Hall–Kier alpha value is -5.33. The number of nitrogens with two attached hydrogens (primary N) is 1. The van der Waals surface area contributed by atoms with E-state index in [-0.39, 0.29) is 50.9 Å². The molecule has 0 bridgehead atoms. The maximum atomic E-state index is 17.0. The summed E-state index contributed by atoms with van der Waals surface area (Å²) in [4.78, 5) is 30.0. The van der Waals surface area contributed by atoms with Crippen LogP contribution in [0.25, 0.3) is 32.9 Å². The standard InChI is InChI=1S/C38H37F2N7O3/c1-3-26-29(39)8-7-24-16-25(48)17-27(31(24)26)33-32(40)34-28(19-43-33)35(45-36(44-34)50-22-38-10-4-13-47(38)14-5-11-38)46-15-12-37(2,21-41)18-23(20-46)6-9-30(42)49/h1,6-9,16-17,19,23,48H,4-5,10-15,18,20,22H2,2H3,(H2,42,49)/t23-,37-/m0/s1. The zero-order chi connectivity index (χ0) is 35.2. The van der Waals surface area contributed by atoms with Crippen LogP contribution in [0.2, 0.25) is 0 Å². The number of nitrogens with zero attached hydrogens (tertiary/aromatic N) is 6. The summed E-state index contributed by atoms with van der Waals surface area (Å²) in [6.07, 6.45) is 15.2. The van der Waals surface area contributed by atoms with Crippen LogP contribution in [0.4, 0.5) is 14.6 Å². The summed E-state index contributed by atoms with van der Waals surface area (Å²) < 4.78 is 38.3. The summed E-state index contributed by atoms with van der Waals surface area (Å²) in [5.41, 5.74) is 4.37. The van der Waals surface area contributed by atoms with Crippen molar-refractivity contribution < 1.29 is 23.4 Å². The zero-order valence-corrected chi connectivity index (χ0v) is 27.8. The van der Waals surface area contributed by atoms with Crippen LogP contribution < -0.4 is 15.4 Å². The highest BCUT2D eigenvalue weighted by Gasteiger charge is 2.45. The van der Waals surface area contributed by atoms with Crippen LogP contribution in [0.1, 0.15) is 51.0 Å². The van der Waals surface area contributed by atoms with Gasteiger partial charge in [-0.2, -0.15) is 15.2 Å². The van der Waals surface area contributed by atoms with E-state index in [9.17, 15) is 19.6 Å². The number of aromatic nitrogens is 3. The maximum absolute atomic E-state index is 17.0. The van der Waals surface area contributed by atoms with Gasteiger partial charge in [0.1, 0.15) is 35.2 Å². The normalized spacial score (nSPS) is 22.0. The molecule has 0 saturated carbocycles. The van der Waals surface area contributed by atoms with Crippen molar-refractivity contribution in [1.82, 2.24) is 19.9 Å². The van der Waals surface area contributed by atoms with Gasteiger partial charge in [-0.15, -0.1) is 6.42 Å². The predicted molar refractivity (Wildman–Crippen MR) is 185 cm³/mol. The molecular weight excluding hydrogens is 640 g/mol. The summed E-state index contributed by atoms with van der Waals surface area (Å²) in [6, 6.07) is 7.82. The lowest BCUT2D eigenvalue weighted by molar-refractivity contribution is -0.113. The van der Waals surface area contributed by atoms with E-state index in [1.807, 2.05) is 11.8 Å². The third-order valence-corrected chi connectivity index (χ3v) is 10.6. The number of benzene rings is 2. The number of phenols is 1. The fourth-order valence-corrected chi connectivity index (χ4v) is 8.08. The number of hydrogen-bond acceptors (Lipinski definition) is 9. The molecular formula is C38H37F2N7O3. The maximum Gasteiger partial charge on any atom is 0.319 e. The molecule has 2 aromatic heterocycles. The van der Waals surface area contributed by atoms with Crippen LogP contribution in [0.5, 0.6) is 11.8 Å². The molecule has 0 radical (unpaired) electrons. The molecule has 0 unspecified atom stereocenters. The van der Waals surface area contributed by atoms with E-state index >= 15 is 4.39 Å². The van der Waals surface area contributed by atoms with E-state index in [1.54, 1.807) is 6.08 Å². The van der Waals surface area contributed by atoms with Gasteiger partial charge in [0.2, 0.25) is 5.91 Å². The van der Waals surface area contributed by atoms with Crippen LogP contribution in [0.3, 0.4) is 0 Å². The molecule has 50 heavy (non-hydrogen) atoms. The number of fused-ring (bicyclic) bond motifs is 3. The SMILES string of the molecule is C#Cc1c(F)ccc2cc(O)cc(-c3ncc4c(N5CC[C@](C)(C#N)C[C@H](C=CC(N)=O)C5)nc(OCC56CCCN5CCC6)nc4c3F)c12. The number of pyridine rings is 1. The quantitative estimate of drug-likeness (QED) is 0.189. The number of ether oxygens (including phenoxy) is 1. The van der Waals surface area contributed by atoms with Gasteiger partial charge in [-0.25, -0.2) is 8.78 Å². The van der Waals surface area contributed by atoms with Gasteiger partial charge in [-0.05, 0) is 94.1 Å². The van der Waals surface area contributed by atoms with Crippen molar-refractivity contribution in [3.05, 3.63) is 59.8 Å². The van der Waals surface area contributed by atoms with E-state index in [2.05, 4.69) is 26.9 Å². The number of halogens is 2. The molecule has 2 atom stereocenters. The molecule has 0 aliphatic carbocycles. The Bertz CT molecular complexity index is 2130. The molecule has 1 amide bonds. The first kappa shape index (κ1) is 33.2. The number of hydrogen-bond donors (Lipinski definition) is 2. The highest BCUT2D eigenvalue weighted by Crippen LogP contribution is 2.42. The van der Waals surface area contributed by atoms with Crippen LogP contribution >= 0.6 is 0 Å². The first-order valence-electron chi connectivity index (χ1n) is 16.8. The zero-order valence-electron chi connectivity index (χ0n) is 27.8. The molecule has 3 N–H and O–H groups in total. The van der Waals surface area contributed by atoms with Crippen molar-refractivity contribution in [1.29, 1.82) is 5.26 Å². The largest absolute Gasteiger partial charge is 0.508 e. The Balaban J connectivity index is 1.39. The van der Waals surface area contributed by atoms with Gasteiger partial charge in [-0.1, -0.05) is 18.1 Å². The molecule has 3 fully saturated rings. The molecule has 5 heterocycles. The molecule has 7 rings (SSSR count). The Morgan fingerprint density at radius 1 is 1.20 bits per heavy atom. The summed E-state index contributed by atoms with van der Waals surface area (Å²) in [5, 5.41) is 21.6. The minimum Gasteiger partial charge on any atom is -0.508 e. The minimum absolute atomic E-state index is 0.00989. The molecule has 2 aromatic carbocycles. The first-order valence-corrected chi connectivity index (χ1v) is 16.8. The topological polar surface area (TPSA) is 141 Å². The number of nitriles is 1. The Kier molecular flexibility index (Phi) is 8.53. The monoisotopic (exact) mass is 677 g/mol. The summed E-state index contributed by atoms with van der Waals surface area (Å²) in [6.45, 7) is 4.98. The average Bonchev–Trinajstić information content (AvgIpc) is 3.63. The predicted octanol–water partition coefficient (Wildman–Crippen LogP) is 5.61. The van der Waals surface area contributed by atoms with Gasteiger partial charge in [0.25, 0.3) is 0 Å². The van der Waals surface area contributed by atoms with Crippen molar-refractivity contribution >= 4 is 33.4 Å². The minimum atomic E-state index is -0.821. The summed E-state index contributed by atoms with van der Waals surface area (Å²) >= 11 is 0. The van der Waals surface area contributed by atoms with Gasteiger partial charge < -0.3 is 20.5 Å². The van der Waals surface area contributed by atoms with E-state index < -0.39 is 23.0 Å². The second-order valence-corrected chi connectivity index (χ2v) is 14.0. The Morgan fingerprint density at radius 2 is 1.98 bits per heavy atom. The molecule has 3 saturated heterocycles. The van der Waals surface area contributed by atoms with Gasteiger partial charge in [-0.3, -0.25) is 14.7 Å². The van der Waals surface area contributed by atoms with Crippen molar-refractivity contribution in [2.75, 3.05) is 37.7 Å². The van der Waals surface area contributed by atoms with Crippen molar-refractivity contribution in [2.45, 2.75) is 51.0 Å². The van der Waals surface area contributed by atoms with Crippen LogP contribution in [-0.2, 0) is 4.79 Å². The average molecular weight is 678 g/mol. The van der Waals surface area contributed by atoms with E-state index in [0.717, 1.165) is 38.8 Å². The fraction of sp³-hybridized carbons (Fsp3) is 0.395. The van der Waals surface area contributed by atoms with Crippen molar-refractivity contribution in [2.24, 2.45) is 17.1 Å². The molecule has 3 aliphatic heterocycles. The summed E-state index contributed by atoms with van der Waals surface area (Å²) in [5.74, 6) is 0.232. The highest BCUT2D eigenvalue weighted by atomic mass is 19.1. The van der Waals surface area contributed by atoms with Crippen LogP contribution in [0, 0.1) is 46.6 Å². The van der Waals surface area contributed by atoms with Gasteiger partial charge in [0.15, 0.2) is 5.82 Å². The fourth-order valence-electron chi connectivity index (χ4n) is 8.08. The lowest BCUT2D eigenvalue weighted by atomic mass is 9.80. The van der Waals surface area contributed by atoms with E-state index in [0.29, 0.717) is 49.1 Å². The lowest BCUT2D eigenvalue weighted by Gasteiger charge is -2.31. The Labute approximate surface area is 288 Å².